The van der Waals surface area contributed by atoms with E-state index in [0.29, 0.717) is 0 Å². The molecule has 3 N–H and O–H groups in total. The van der Waals surface area contributed by atoms with Gasteiger partial charge in [-0.3, -0.25) is 11.3 Å². The maximum Gasteiger partial charge on any atom is 0.416 e. The highest BCUT2D eigenvalue weighted by Crippen LogP contribution is 2.38. The van der Waals surface area contributed by atoms with Gasteiger partial charge in [-0.25, -0.2) is 0 Å². The third-order valence-electron chi connectivity index (χ3n) is 3.60. The van der Waals surface area contributed by atoms with Gasteiger partial charge in [-0.2, -0.15) is 13.2 Å². The summed E-state index contributed by atoms with van der Waals surface area (Å²) in [6.45, 7) is 3.68. The van der Waals surface area contributed by atoms with E-state index < -0.39 is 23.3 Å². The summed E-state index contributed by atoms with van der Waals surface area (Å²) in [5, 5.41) is 0. The van der Waals surface area contributed by atoms with E-state index in [0.717, 1.165) is 6.07 Å². The molecule has 19 heavy (non-hydrogen) atoms. The molecular formula is C13H20F3N3. The van der Waals surface area contributed by atoms with E-state index >= 15 is 0 Å². The average Bonchev–Trinajstić information content (AvgIpc) is 2.28. The SMILES string of the molecule is CN(C)C(C)(C)C(NN)c1ccccc1C(F)(F)F. The van der Waals surface area contributed by atoms with Crippen molar-refractivity contribution in [3.63, 3.8) is 0 Å². The van der Waals surface area contributed by atoms with Crippen LogP contribution in [0.25, 0.3) is 0 Å². The predicted octanol–water partition coefficient (Wildman–Crippen LogP) is 2.55. The second-order valence-electron chi connectivity index (χ2n) is 5.23. The summed E-state index contributed by atoms with van der Waals surface area (Å²) >= 11 is 0. The van der Waals surface area contributed by atoms with E-state index in [1.807, 2.05) is 18.7 Å². The Morgan fingerprint density at radius 1 is 1.16 bits per heavy atom. The van der Waals surface area contributed by atoms with Gasteiger partial charge in [0.2, 0.25) is 0 Å². The minimum atomic E-state index is -4.39. The normalized spacial score (nSPS) is 14.8. The lowest BCUT2D eigenvalue weighted by Crippen LogP contribution is -2.51. The lowest BCUT2D eigenvalue weighted by Gasteiger charge is -2.40. The van der Waals surface area contributed by atoms with Crippen LogP contribution >= 0.6 is 0 Å². The van der Waals surface area contributed by atoms with Crippen molar-refractivity contribution in [2.24, 2.45) is 5.84 Å². The van der Waals surface area contributed by atoms with Crippen LogP contribution < -0.4 is 11.3 Å². The molecule has 0 aliphatic rings. The molecule has 0 saturated carbocycles. The minimum absolute atomic E-state index is 0.149. The molecule has 108 valence electrons. The van der Waals surface area contributed by atoms with Crippen LogP contribution in [0.4, 0.5) is 13.2 Å². The molecule has 1 aromatic rings. The zero-order valence-corrected chi connectivity index (χ0v) is 11.5. The van der Waals surface area contributed by atoms with Crippen molar-refractivity contribution < 1.29 is 13.2 Å². The summed E-state index contributed by atoms with van der Waals surface area (Å²) in [6, 6.07) is 4.85. The number of benzene rings is 1. The van der Waals surface area contributed by atoms with Crippen LogP contribution in [0.3, 0.4) is 0 Å². The van der Waals surface area contributed by atoms with Crippen molar-refractivity contribution in [3.8, 4) is 0 Å². The van der Waals surface area contributed by atoms with E-state index in [1.165, 1.54) is 12.1 Å². The highest BCUT2D eigenvalue weighted by Gasteiger charge is 2.39. The van der Waals surface area contributed by atoms with Crippen LogP contribution in [0.2, 0.25) is 0 Å². The average molecular weight is 275 g/mol. The number of likely N-dealkylation sites (N-methyl/N-ethyl adjacent to an activating group) is 1. The number of nitrogens with two attached hydrogens (primary N) is 1. The predicted molar refractivity (Wildman–Crippen MR) is 69.3 cm³/mol. The molecule has 6 heteroatoms. The molecule has 1 rings (SSSR count). The second-order valence-corrected chi connectivity index (χ2v) is 5.23. The second kappa shape index (κ2) is 5.48. The van der Waals surface area contributed by atoms with Crippen molar-refractivity contribution in [2.75, 3.05) is 14.1 Å². The molecule has 0 bridgehead atoms. The molecule has 0 amide bonds. The van der Waals surface area contributed by atoms with Crippen LogP contribution in [0, 0.1) is 0 Å². The number of nitrogens with one attached hydrogen (secondary N) is 1. The first-order valence-corrected chi connectivity index (χ1v) is 5.92. The Hall–Kier alpha value is -1.11. The molecule has 0 aliphatic carbocycles. The fourth-order valence-electron chi connectivity index (χ4n) is 1.94. The lowest BCUT2D eigenvalue weighted by atomic mass is 9.85. The number of hydrogen-bond acceptors (Lipinski definition) is 3. The Bertz CT molecular complexity index is 427. The van der Waals surface area contributed by atoms with Gasteiger partial charge in [0.15, 0.2) is 0 Å². The van der Waals surface area contributed by atoms with Crippen molar-refractivity contribution in [2.45, 2.75) is 31.6 Å². The molecule has 0 radical (unpaired) electrons. The maximum atomic E-state index is 13.1. The molecule has 1 atom stereocenters. The molecule has 0 spiro atoms. The highest BCUT2D eigenvalue weighted by atomic mass is 19.4. The van der Waals surface area contributed by atoms with Gasteiger partial charge >= 0.3 is 6.18 Å². The number of hydrogen-bond donors (Lipinski definition) is 2. The van der Waals surface area contributed by atoms with E-state index in [1.54, 1.807) is 20.2 Å². The molecule has 1 unspecified atom stereocenters. The van der Waals surface area contributed by atoms with E-state index in [4.69, 9.17) is 5.84 Å². The third-order valence-corrected chi connectivity index (χ3v) is 3.60. The Balaban J connectivity index is 3.35. The van der Waals surface area contributed by atoms with Gasteiger partial charge in [0.1, 0.15) is 0 Å². The zero-order valence-electron chi connectivity index (χ0n) is 11.5. The van der Waals surface area contributed by atoms with Gasteiger partial charge in [0, 0.05) is 5.54 Å². The number of hydrazine groups is 1. The van der Waals surface area contributed by atoms with Gasteiger partial charge in [-0.15, -0.1) is 0 Å². The molecule has 3 nitrogen and oxygen atoms in total. The van der Waals surface area contributed by atoms with Gasteiger partial charge < -0.3 is 4.90 Å². The summed E-state index contributed by atoms with van der Waals surface area (Å²) in [5.41, 5.74) is 1.43. The number of rotatable bonds is 4. The fraction of sp³-hybridized carbons (Fsp3) is 0.538. The largest absolute Gasteiger partial charge is 0.416 e. The number of halogens is 3. The zero-order chi connectivity index (χ0) is 14.8. The van der Waals surface area contributed by atoms with Crippen LogP contribution in [-0.2, 0) is 6.18 Å². The van der Waals surface area contributed by atoms with Crippen molar-refractivity contribution >= 4 is 0 Å². The summed E-state index contributed by atoms with van der Waals surface area (Å²) in [5.74, 6) is 5.50. The number of nitrogens with zero attached hydrogens (tertiary/aromatic N) is 1. The van der Waals surface area contributed by atoms with Gasteiger partial charge in [-0.1, -0.05) is 18.2 Å². The Morgan fingerprint density at radius 2 is 1.68 bits per heavy atom. The first-order chi connectivity index (χ1) is 8.62. The molecule has 0 heterocycles. The first-order valence-electron chi connectivity index (χ1n) is 5.92. The van der Waals surface area contributed by atoms with Crippen LogP contribution in [-0.4, -0.2) is 24.5 Å². The Kier molecular flexibility index (Phi) is 4.60. The molecule has 0 aliphatic heterocycles. The fourth-order valence-corrected chi connectivity index (χ4v) is 1.94. The number of alkyl halides is 3. The Morgan fingerprint density at radius 3 is 2.11 bits per heavy atom. The smallest absolute Gasteiger partial charge is 0.302 e. The summed E-state index contributed by atoms with van der Waals surface area (Å²) in [6.07, 6.45) is -4.39. The summed E-state index contributed by atoms with van der Waals surface area (Å²) < 4.78 is 39.2. The van der Waals surface area contributed by atoms with Gasteiger partial charge in [0.05, 0.1) is 11.6 Å². The van der Waals surface area contributed by atoms with Crippen LogP contribution in [0.5, 0.6) is 0 Å². The summed E-state index contributed by atoms with van der Waals surface area (Å²) in [7, 11) is 3.61. The first kappa shape index (κ1) is 15.9. The maximum absolute atomic E-state index is 13.1. The lowest BCUT2D eigenvalue weighted by molar-refractivity contribution is -0.138. The summed E-state index contributed by atoms with van der Waals surface area (Å²) in [4.78, 5) is 1.84. The monoisotopic (exact) mass is 275 g/mol. The molecule has 0 fully saturated rings. The van der Waals surface area contributed by atoms with E-state index in [9.17, 15) is 13.2 Å². The molecule has 0 aromatic heterocycles. The van der Waals surface area contributed by atoms with Crippen molar-refractivity contribution in [3.05, 3.63) is 35.4 Å². The minimum Gasteiger partial charge on any atom is -0.302 e. The Labute approximate surface area is 111 Å². The van der Waals surface area contributed by atoms with Gasteiger partial charge in [0.25, 0.3) is 0 Å². The van der Waals surface area contributed by atoms with Crippen molar-refractivity contribution in [1.29, 1.82) is 0 Å². The standard InChI is InChI=1S/C13H20F3N3/c1-12(2,19(3)4)11(18-17)9-7-5-6-8-10(9)13(14,15)16/h5-8,11,18H,17H2,1-4H3. The van der Waals surface area contributed by atoms with E-state index in [-0.39, 0.29) is 5.56 Å². The topological polar surface area (TPSA) is 41.3 Å². The molecule has 0 saturated heterocycles. The highest BCUT2D eigenvalue weighted by molar-refractivity contribution is 5.34. The third kappa shape index (κ3) is 3.26. The van der Waals surface area contributed by atoms with Crippen LogP contribution in [0.1, 0.15) is 31.0 Å². The van der Waals surface area contributed by atoms with Gasteiger partial charge in [-0.05, 0) is 39.6 Å². The van der Waals surface area contributed by atoms with Crippen LogP contribution in [0.15, 0.2) is 24.3 Å². The quantitative estimate of drug-likeness (QED) is 0.655. The van der Waals surface area contributed by atoms with E-state index in [2.05, 4.69) is 5.43 Å². The molecule has 1 aromatic carbocycles. The van der Waals surface area contributed by atoms with Crippen molar-refractivity contribution in [1.82, 2.24) is 10.3 Å². The molecular weight excluding hydrogens is 255 g/mol.